The zero-order valence-corrected chi connectivity index (χ0v) is 9.80. The van der Waals surface area contributed by atoms with Crippen molar-refractivity contribution < 1.29 is 14.7 Å². The maximum atomic E-state index is 11.5. The molecule has 8 nitrogen and oxygen atoms in total. The van der Waals surface area contributed by atoms with Gasteiger partial charge in [-0.15, -0.1) is 10.2 Å². The Kier molecular flexibility index (Phi) is 3.85. The minimum absolute atomic E-state index is 0.0224. The Morgan fingerprint density at radius 1 is 1.33 bits per heavy atom. The molecule has 98 valence electrons. The molecule has 2 rings (SSSR count). The summed E-state index contributed by atoms with van der Waals surface area (Å²) in [6.07, 6.45) is 3.00. The van der Waals surface area contributed by atoms with Gasteiger partial charge in [0.1, 0.15) is 0 Å². The predicted octanol–water partition coefficient (Wildman–Crippen LogP) is -0.180. The largest absolute Gasteiger partial charge is 0.481 e. The molecule has 8 heteroatoms. The van der Waals surface area contributed by atoms with E-state index in [1.54, 1.807) is 0 Å². The van der Waals surface area contributed by atoms with Gasteiger partial charge in [-0.3, -0.25) is 9.59 Å². The molecule has 0 bridgehead atoms. The van der Waals surface area contributed by atoms with E-state index in [1.165, 1.54) is 0 Å². The number of hydrogen-bond acceptors (Lipinski definition) is 5. The Morgan fingerprint density at radius 2 is 2.06 bits per heavy atom. The number of carboxylic acids is 1. The molecule has 0 radical (unpaired) electrons. The number of carboxylic acid groups (broad SMARTS) is 1. The fourth-order valence-corrected chi connectivity index (χ4v) is 2.19. The van der Waals surface area contributed by atoms with Crippen molar-refractivity contribution in [1.29, 1.82) is 0 Å². The topological polar surface area (TPSA) is 121 Å². The number of aromatic amines is 1. The van der Waals surface area contributed by atoms with E-state index in [1.807, 2.05) is 0 Å². The van der Waals surface area contributed by atoms with Crippen LogP contribution in [0.25, 0.3) is 0 Å². The lowest BCUT2D eigenvalue weighted by molar-refractivity contribution is -0.143. The Morgan fingerprint density at radius 3 is 2.61 bits per heavy atom. The fourth-order valence-electron chi connectivity index (χ4n) is 2.19. The van der Waals surface area contributed by atoms with Gasteiger partial charge in [0.15, 0.2) is 0 Å². The third-order valence-electron chi connectivity index (χ3n) is 3.30. The van der Waals surface area contributed by atoms with Gasteiger partial charge >= 0.3 is 5.97 Å². The monoisotopic (exact) mass is 253 g/mol. The zero-order valence-electron chi connectivity index (χ0n) is 9.80. The number of amides is 1. The van der Waals surface area contributed by atoms with Crippen LogP contribution in [0.1, 0.15) is 36.3 Å². The number of tetrazole rings is 1. The molecule has 0 atom stereocenters. The van der Waals surface area contributed by atoms with Crippen LogP contribution in [0.5, 0.6) is 0 Å². The number of aromatic nitrogens is 4. The number of hydrogen-bond donors (Lipinski definition) is 3. The summed E-state index contributed by atoms with van der Waals surface area (Å²) in [5.41, 5.74) is 0. The first-order valence-electron chi connectivity index (χ1n) is 5.91. The van der Waals surface area contributed by atoms with E-state index in [0.717, 1.165) is 12.8 Å². The number of carbonyl (C=O) groups is 2. The van der Waals surface area contributed by atoms with Crippen LogP contribution in [0.15, 0.2) is 0 Å². The average molecular weight is 253 g/mol. The molecule has 0 saturated heterocycles. The van der Waals surface area contributed by atoms with Crippen LogP contribution in [0.2, 0.25) is 0 Å². The van der Waals surface area contributed by atoms with Crippen LogP contribution < -0.4 is 5.32 Å². The lowest BCUT2D eigenvalue weighted by Gasteiger charge is -2.25. The second-order valence-electron chi connectivity index (χ2n) is 4.50. The highest BCUT2D eigenvalue weighted by Crippen LogP contribution is 2.28. The Hall–Kier alpha value is -1.99. The van der Waals surface area contributed by atoms with Gasteiger partial charge in [-0.1, -0.05) is 0 Å². The van der Waals surface area contributed by atoms with Crippen LogP contribution in [0, 0.1) is 11.8 Å². The summed E-state index contributed by atoms with van der Waals surface area (Å²) < 4.78 is 0. The highest BCUT2D eigenvalue weighted by Gasteiger charge is 2.26. The molecule has 1 aliphatic carbocycles. The molecule has 0 unspecified atom stereocenters. The molecule has 1 aliphatic rings. The van der Waals surface area contributed by atoms with Gasteiger partial charge in [0.05, 0.1) is 5.92 Å². The van der Waals surface area contributed by atoms with Gasteiger partial charge in [0, 0.05) is 6.54 Å². The molecule has 3 N–H and O–H groups in total. The van der Waals surface area contributed by atoms with Crippen molar-refractivity contribution >= 4 is 11.9 Å². The first kappa shape index (κ1) is 12.5. The van der Waals surface area contributed by atoms with Gasteiger partial charge in [-0.25, -0.2) is 0 Å². The van der Waals surface area contributed by atoms with Crippen molar-refractivity contribution in [1.82, 2.24) is 25.9 Å². The molecule has 1 heterocycles. The number of nitrogens with one attached hydrogen (secondary N) is 2. The molecule has 1 aromatic rings. The van der Waals surface area contributed by atoms with E-state index >= 15 is 0 Å². The van der Waals surface area contributed by atoms with Crippen molar-refractivity contribution in [3.63, 3.8) is 0 Å². The third kappa shape index (κ3) is 3.02. The number of H-pyrrole nitrogens is 1. The normalized spacial score (nSPS) is 23.6. The summed E-state index contributed by atoms with van der Waals surface area (Å²) in [6.45, 7) is 0.527. The Labute approximate surface area is 103 Å². The Bertz CT molecular complexity index is 411. The number of carbonyl (C=O) groups excluding carboxylic acids is 1. The molecular formula is C10H15N5O3. The number of aliphatic carboxylic acids is 1. The minimum atomic E-state index is -0.718. The third-order valence-corrected chi connectivity index (χ3v) is 3.30. The fraction of sp³-hybridized carbons (Fsp3) is 0.700. The van der Waals surface area contributed by atoms with Crippen LogP contribution in [-0.2, 0) is 4.79 Å². The molecule has 1 aromatic heterocycles. The van der Waals surface area contributed by atoms with Crippen molar-refractivity contribution in [2.75, 3.05) is 6.54 Å². The molecule has 0 aliphatic heterocycles. The van der Waals surface area contributed by atoms with E-state index < -0.39 is 5.97 Å². The summed E-state index contributed by atoms with van der Waals surface area (Å²) in [6, 6.07) is 0. The lowest BCUT2D eigenvalue weighted by atomic mass is 9.82. The summed E-state index contributed by atoms with van der Waals surface area (Å²) in [5, 5.41) is 24.3. The van der Waals surface area contributed by atoms with E-state index in [9.17, 15) is 9.59 Å². The molecule has 1 fully saturated rings. The highest BCUT2D eigenvalue weighted by atomic mass is 16.4. The van der Waals surface area contributed by atoms with E-state index in [2.05, 4.69) is 25.9 Å². The van der Waals surface area contributed by atoms with Crippen molar-refractivity contribution in [2.24, 2.45) is 11.8 Å². The molecular weight excluding hydrogens is 238 g/mol. The zero-order chi connectivity index (χ0) is 13.0. The quantitative estimate of drug-likeness (QED) is 0.684. The van der Waals surface area contributed by atoms with Crippen LogP contribution in [0.4, 0.5) is 0 Å². The van der Waals surface area contributed by atoms with Crippen molar-refractivity contribution in [3.05, 3.63) is 5.82 Å². The summed E-state index contributed by atoms with van der Waals surface area (Å²) in [4.78, 5) is 22.3. The summed E-state index contributed by atoms with van der Waals surface area (Å²) in [7, 11) is 0. The van der Waals surface area contributed by atoms with Crippen molar-refractivity contribution in [3.8, 4) is 0 Å². The van der Waals surface area contributed by atoms with Gasteiger partial charge in [-0.05, 0) is 36.8 Å². The lowest BCUT2D eigenvalue weighted by Crippen LogP contribution is -2.33. The number of nitrogens with zero attached hydrogens (tertiary/aromatic N) is 3. The summed E-state index contributed by atoms with van der Waals surface area (Å²) >= 11 is 0. The molecule has 18 heavy (non-hydrogen) atoms. The molecule has 0 aromatic carbocycles. The van der Waals surface area contributed by atoms with Crippen LogP contribution in [-0.4, -0.2) is 44.2 Å². The van der Waals surface area contributed by atoms with E-state index in [-0.39, 0.29) is 17.6 Å². The Balaban J connectivity index is 1.72. The molecule has 1 saturated carbocycles. The van der Waals surface area contributed by atoms with Gasteiger partial charge in [0.2, 0.25) is 0 Å². The van der Waals surface area contributed by atoms with Crippen LogP contribution in [0.3, 0.4) is 0 Å². The smallest absolute Gasteiger partial charge is 0.306 e. The van der Waals surface area contributed by atoms with Gasteiger partial charge in [0.25, 0.3) is 11.7 Å². The predicted molar refractivity (Wildman–Crippen MR) is 59.6 cm³/mol. The standard InChI is InChI=1S/C10H15N5O3/c16-9(8-12-14-15-13-8)11-5-6-1-3-7(4-2-6)10(17)18/h6-7H,1-5H2,(H,11,16)(H,17,18)(H,12,13,14,15). The van der Waals surface area contributed by atoms with Crippen molar-refractivity contribution in [2.45, 2.75) is 25.7 Å². The first-order valence-corrected chi connectivity index (χ1v) is 5.91. The van der Waals surface area contributed by atoms with Crippen LogP contribution >= 0.6 is 0 Å². The SMILES string of the molecule is O=C(NCC1CCC(C(=O)O)CC1)c1nn[nH]n1. The highest BCUT2D eigenvalue weighted by molar-refractivity contribution is 5.89. The molecule has 0 spiro atoms. The number of rotatable bonds is 4. The second kappa shape index (κ2) is 5.56. The van der Waals surface area contributed by atoms with Gasteiger partial charge < -0.3 is 10.4 Å². The average Bonchev–Trinajstić information content (AvgIpc) is 2.90. The van der Waals surface area contributed by atoms with E-state index in [0.29, 0.717) is 25.3 Å². The first-order chi connectivity index (χ1) is 8.66. The maximum absolute atomic E-state index is 11.5. The second-order valence-corrected chi connectivity index (χ2v) is 4.50. The minimum Gasteiger partial charge on any atom is -0.481 e. The summed E-state index contributed by atoms with van der Waals surface area (Å²) in [5.74, 6) is -0.951. The van der Waals surface area contributed by atoms with E-state index in [4.69, 9.17) is 5.11 Å². The maximum Gasteiger partial charge on any atom is 0.306 e. The molecule has 1 amide bonds. The van der Waals surface area contributed by atoms with Gasteiger partial charge in [-0.2, -0.15) is 5.21 Å².